The molecule has 0 bridgehead atoms. The number of rotatable bonds is 7. The van der Waals surface area contributed by atoms with Crippen molar-refractivity contribution in [2.45, 2.75) is 0 Å². The Bertz CT molecular complexity index is 998. The molecular weight excluding hydrogens is 345 g/mol. The van der Waals surface area contributed by atoms with Crippen molar-refractivity contribution < 1.29 is 13.9 Å². The molecular formula is C21H18FN3O2. The quantitative estimate of drug-likeness (QED) is 0.631. The minimum Gasteiger partial charge on any atom is -0.484 e. The van der Waals surface area contributed by atoms with Crippen molar-refractivity contribution in [2.24, 2.45) is 0 Å². The number of nitrogens with zero attached hydrogens (tertiary/aromatic N) is 1. The van der Waals surface area contributed by atoms with Crippen molar-refractivity contribution in [3.63, 3.8) is 0 Å². The molecule has 2 N–H and O–H groups in total. The van der Waals surface area contributed by atoms with Crippen LogP contribution in [0.15, 0.2) is 60.7 Å². The van der Waals surface area contributed by atoms with Gasteiger partial charge in [0.2, 0.25) is 0 Å². The van der Waals surface area contributed by atoms with Gasteiger partial charge in [0.1, 0.15) is 23.2 Å². The van der Waals surface area contributed by atoms with Crippen molar-refractivity contribution in [3.8, 4) is 11.8 Å². The van der Waals surface area contributed by atoms with Crippen LogP contribution in [0.3, 0.4) is 0 Å². The summed E-state index contributed by atoms with van der Waals surface area (Å²) in [5.41, 5.74) is 0.364. The molecule has 0 radical (unpaired) electrons. The van der Waals surface area contributed by atoms with Crippen LogP contribution in [-0.2, 0) is 4.79 Å². The van der Waals surface area contributed by atoms with Crippen LogP contribution in [0.5, 0.6) is 5.75 Å². The Labute approximate surface area is 156 Å². The van der Waals surface area contributed by atoms with Crippen LogP contribution in [0.25, 0.3) is 10.8 Å². The van der Waals surface area contributed by atoms with Gasteiger partial charge in [-0.3, -0.25) is 4.79 Å². The fourth-order valence-electron chi connectivity index (χ4n) is 2.64. The number of carbonyl (C=O) groups excluding carboxylic acids is 1. The van der Waals surface area contributed by atoms with Crippen molar-refractivity contribution in [1.82, 2.24) is 5.32 Å². The molecule has 3 rings (SSSR count). The van der Waals surface area contributed by atoms with E-state index >= 15 is 0 Å². The van der Waals surface area contributed by atoms with Crippen molar-refractivity contribution in [2.75, 3.05) is 25.0 Å². The van der Waals surface area contributed by atoms with E-state index in [1.165, 1.54) is 12.1 Å². The Morgan fingerprint density at radius 2 is 1.85 bits per heavy atom. The van der Waals surface area contributed by atoms with E-state index in [1.807, 2.05) is 48.5 Å². The second-order valence-electron chi connectivity index (χ2n) is 5.85. The van der Waals surface area contributed by atoms with Gasteiger partial charge in [-0.2, -0.15) is 5.26 Å². The highest BCUT2D eigenvalue weighted by Crippen LogP contribution is 2.20. The smallest absolute Gasteiger partial charge is 0.258 e. The number of carbonyl (C=O) groups is 1. The lowest BCUT2D eigenvalue weighted by Gasteiger charge is -2.10. The molecule has 3 aromatic carbocycles. The van der Waals surface area contributed by atoms with Crippen LogP contribution >= 0.6 is 0 Å². The number of nitriles is 1. The number of fused-ring (bicyclic) bond motifs is 1. The van der Waals surface area contributed by atoms with Crippen LogP contribution in [0.4, 0.5) is 10.1 Å². The Morgan fingerprint density at radius 3 is 2.67 bits per heavy atom. The fraction of sp³-hybridized carbons (Fsp3) is 0.143. The van der Waals surface area contributed by atoms with Crippen molar-refractivity contribution in [3.05, 3.63) is 72.0 Å². The van der Waals surface area contributed by atoms with Gasteiger partial charge in [-0.1, -0.05) is 36.4 Å². The molecule has 0 aliphatic rings. The first-order chi connectivity index (χ1) is 13.2. The number of hydrogen-bond acceptors (Lipinski definition) is 4. The second-order valence-corrected chi connectivity index (χ2v) is 5.85. The summed E-state index contributed by atoms with van der Waals surface area (Å²) in [7, 11) is 0. The highest BCUT2D eigenvalue weighted by atomic mass is 19.1. The Hall–Kier alpha value is -3.59. The van der Waals surface area contributed by atoms with E-state index < -0.39 is 5.82 Å². The number of amides is 1. The molecule has 0 spiro atoms. The van der Waals surface area contributed by atoms with Crippen molar-refractivity contribution in [1.29, 1.82) is 5.26 Å². The van der Waals surface area contributed by atoms with E-state index in [0.29, 0.717) is 24.5 Å². The first-order valence-electron chi connectivity index (χ1n) is 8.48. The van der Waals surface area contributed by atoms with E-state index in [2.05, 4.69) is 10.6 Å². The molecule has 0 unspecified atom stereocenters. The predicted octanol–water partition coefficient (Wildman–Crippen LogP) is 3.46. The summed E-state index contributed by atoms with van der Waals surface area (Å²) in [6.45, 7) is 0.586. The van der Waals surface area contributed by atoms with E-state index in [0.717, 1.165) is 10.8 Å². The highest BCUT2D eigenvalue weighted by molar-refractivity contribution is 5.84. The van der Waals surface area contributed by atoms with Gasteiger partial charge in [-0.25, -0.2) is 4.39 Å². The zero-order chi connectivity index (χ0) is 19.1. The van der Waals surface area contributed by atoms with Gasteiger partial charge in [-0.15, -0.1) is 0 Å². The summed E-state index contributed by atoms with van der Waals surface area (Å²) >= 11 is 0. The highest BCUT2D eigenvalue weighted by Gasteiger charge is 2.07. The van der Waals surface area contributed by atoms with Crippen LogP contribution in [0.2, 0.25) is 0 Å². The number of hydrogen-bond donors (Lipinski definition) is 2. The third-order valence-electron chi connectivity index (χ3n) is 3.98. The Morgan fingerprint density at radius 1 is 1.04 bits per heavy atom. The number of halogens is 1. The van der Waals surface area contributed by atoms with E-state index in [9.17, 15) is 9.18 Å². The molecule has 5 nitrogen and oxygen atoms in total. The van der Waals surface area contributed by atoms with Gasteiger partial charge in [0.25, 0.3) is 5.91 Å². The summed E-state index contributed by atoms with van der Waals surface area (Å²) in [5, 5.41) is 16.8. The lowest BCUT2D eigenvalue weighted by Crippen LogP contribution is -2.32. The van der Waals surface area contributed by atoms with Gasteiger partial charge in [-0.05, 0) is 35.0 Å². The third kappa shape index (κ3) is 4.73. The molecule has 0 heterocycles. The molecule has 0 atom stereocenters. The van der Waals surface area contributed by atoms with Crippen LogP contribution in [0.1, 0.15) is 5.56 Å². The first-order valence-corrected chi connectivity index (χ1v) is 8.48. The summed E-state index contributed by atoms with van der Waals surface area (Å²) in [4.78, 5) is 11.9. The van der Waals surface area contributed by atoms with Crippen LogP contribution < -0.4 is 15.4 Å². The normalized spacial score (nSPS) is 10.2. The van der Waals surface area contributed by atoms with Crippen LogP contribution in [-0.4, -0.2) is 25.6 Å². The molecule has 0 aromatic heterocycles. The minimum absolute atomic E-state index is 0.0385. The molecule has 0 fully saturated rings. The van der Waals surface area contributed by atoms with Gasteiger partial charge < -0.3 is 15.4 Å². The largest absolute Gasteiger partial charge is 0.484 e. The van der Waals surface area contributed by atoms with Gasteiger partial charge in [0.05, 0.1) is 5.69 Å². The van der Waals surface area contributed by atoms with E-state index in [1.54, 1.807) is 6.07 Å². The van der Waals surface area contributed by atoms with Gasteiger partial charge >= 0.3 is 0 Å². The maximum Gasteiger partial charge on any atom is 0.258 e. The SMILES string of the molecule is N#Cc1c(F)cccc1NCCNC(=O)COc1ccc2ccccc2c1. The molecule has 1 amide bonds. The van der Waals surface area contributed by atoms with E-state index in [-0.39, 0.29) is 18.1 Å². The predicted molar refractivity (Wildman–Crippen MR) is 102 cm³/mol. The summed E-state index contributed by atoms with van der Waals surface area (Å²) in [6, 6.07) is 19.7. The molecule has 136 valence electrons. The maximum atomic E-state index is 13.5. The fourth-order valence-corrected chi connectivity index (χ4v) is 2.64. The zero-order valence-corrected chi connectivity index (χ0v) is 14.5. The Balaban J connectivity index is 1.43. The van der Waals surface area contributed by atoms with Crippen molar-refractivity contribution >= 4 is 22.4 Å². The molecule has 6 heteroatoms. The lowest BCUT2D eigenvalue weighted by molar-refractivity contribution is -0.123. The Kier molecular flexibility index (Phi) is 5.85. The average Bonchev–Trinajstić information content (AvgIpc) is 2.69. The van der Waals surface area contributed by atoms with E-state index in [4.69, 9.17) is 10.00 Å². The molecule has 3 aromatic rings. The topological polar surface area (TPSA) is 74.2 Å². The lowest BCUT2D eigenvalue weighted by atomic mass is 10.1. The summed E-state index contributed by atoms with van der Waals surface area (Å²) < 4.78 is 19.0. The zero-order valence-electron chi connectivity index (χ0n) is 14.5. The monoisotopic (exact) mass is 363 g/mol. The first kappa shape index (κ1) is 18.2. The molecule has 27 heavy (non-hydrogen) atoms. The summed E-state index contributed by atoms with van der Waals surface area (Å²) in [6.07, 6.45) is 0. The average molecular weight is 363 g/mol. The molecule has 0 aliphatic heterocycles. The van der Waals surface area contributed by atoms with Gasteiger partial charge in [0.15, 0.2) is 6.61 Å². The number of ether oxygens (including phenoxy) is 1. The molecule has 0 saturated heterocycles. The van der Waals surface area contributed by atoms with Gasteiger partial charge in [0, 0.05) is 13.1 Å². The van der Waals surface area contributed by atoms with Crippen LogP contribution in [0, 0.1) is 17.1 Å². The minimum atomic E-state index is -0.574. The standard InChI is InChI=1S/C21H18FN3O2/c22-19-6-3-7-20(18(19)13-23)24-10-11-25-21(26)14-27-17-9-8-15-4-1-2-5-16(15)12-17/h1-9,12,24H,10-11,14H2,(H,25,26). The maximum absolute atomic E-state index is 13.5. The molecule has 0 aliphatic carbocycles. The third-order valence-corrected chi connectivity index (χ3v) is 3.98. The number of anilines is 1. The summed E-state index contributed by atoms with van der Waals surface area (Å²) in [5.74, 6) is -0.208. The number of nitrogens with one attached hydrogen (secondary N) is 2. The second kappa shape index (κ2) is 8.68. The molecule has 0 saturated carbocycles. The number of benzene rings is 3.